The van der Waals surface area contributed by atoms with E-state index in [9.17, 15) is 4.39 Å². The highest BCUT2D eigenvalue weighted by molar-refractivity contribution is 7.18. The quantitative estimate of drug-likeness (QED) is 0.464. The summed E-state index contributed by atoms with van der Waals surface area (Å²) in [5, 5.41) is 12.1. The minimum Gasteiger partial charge on any atom is -0.365 e. The average molecular weight is 407 g/mol. The summed E-state index contributed by atoms with van der Waals surface area (Å²) in [6.07, 6.45) is 5.46. The molecule has 0 saturated carbocycles. The Hall–Kier alpha value is -3.17. The SMILES string of the molecule is Fc1cnccc1-c1nc(N[C@@H]2CCNC2)c2scc(Nc3ccccn3)c2n1. The fraction of sp³-hybridized carbons (Fsp3) is 0.200. The Bertz CT molecular complexity index is 1140. The van der Waals surface area contributed by atoms with Crippen LogP contribution in [0.4, 0.5) is 21.7 Å². The van der Waals surface area contributed by atoms with E-state index in [2.05, 4.69) is 35.9 Å². The Morgan fingerprint density at radius 1 is 1.17 bits per heavy atom. The van der Waals surface area contributed by atoms with Crippen molar-refractivity contribution in [2.24, 2.45) is 0 Å². The molecule has 0 radical (unpaired) electrons. The topological polar surface area (TPSA) is 87.7 Å². The highest BCUT2D eigenvalue weighted by Gasteiger charge is 2.20. The molecule has 1 atom stereocenters. The molecule has 0 amide bonds. The van der Waals surface area contributed by atoms with Crippen molar-refractivity contribution in [1.29, 1.82) is 0 Å². The van der Waals surface area contributed by atoms with Crippen LogP contribution in [-0.2, 0) is 0 Å². The lowest BCUT2D eigenvalue weighted by atomic mass is 10.2. The van der Waals surface area contributed by atoms with E-state index in [-0.39, 0.29) is 6.04 Å². The molecule has 0 aromatic carbocycles. The molecule has 9 heteroatoms. The third-order valence-corrected chi connectivity index (χ3v) is 5.73. The summed E-state index contributed by atoms with van der Waals surface area (Å²) in [5.41, 5.74) is 1.87. The molecule has 29 heavy (non-hydrogen) atoms. The lowest BCUT2D eigenvalue weighted by Gasteiger charge is -2.14. The first kappa shape index (κ1) is 17.9. The lowest BCUT2D eigenvalue weighted by Crippen LogP contribution is -2.23. The molecule has 4 aromatic rings. The van der Waals surface area contributed by atoms with Crippen LogP contribution in [0.5, 0.6) is 0 Å². The van der Waals surface area contributed by atoms with Gasteiger partial charge in [0.05, 0.1) is 22.1 Å². The van der Waals surface area contributed by atoms with E-state index in [4.69, 9.17) is 0 Å². The second-order valence-corrected chi connectivity index (χ2v) is 7.63. The van der Waals surface area contributed by atoms with E-state index in [1.54, 1.807) is 29.8 Å². The van der Waals surface area contributed by atoms with Gasteiger partial charge in [-0.1, -0.05) is 6.07 Å². The number of hydrogen-bond acceptors (Lipinski definition) is 8. The maximum Gasteiger partial charge on any atom is 0.165 e. The highest BCUT2D eigenvalue weighted by Crippen LogP contribution is 2.37. The van der Waals surface area contributed by atoms with Crippen molar-refractivity contribution < 1.29 is 4.39 Å². The number of anilines is 3. The molecule has 3 N–H and O–H groups in total. The molecule has 0 unspecified atom stereocenters. The number of aromatic nitrogens is 4. The lowest BCUT2D eigenvalue weighted by molar-refractivity contribution is 0.623. The van der Waals surface area contributed by atoms with E-state index in [1.165, 1.54) is 6.20 Å². The highest BCUT2D eigenvalue weighted by atomic mass is 32.1. The Balaban J connectivity index is 1.62. The molecule has 0 spiro atoms. The van der Waals surface area contributed by atoms with Gasteiger partial charge in [0.25, 0.3) is 0 Å². The van der Waals surface area contributed by atoms with Crippen molar-refractivity contribution >= 4 is 38.9 Å². The minimum atomic E-state index is -0.449. The Morgan fingerprint density at radius 2 is 2.14 bits per heavy atom. The molecular weight excluding hydrogens is 389 g/mol. The smallest absolute Gasteiger partial charge is 0.165 e. The summed E-state index contributed by atoms with van der Waals surface area (Å²) in [6, 6.07) is 7.53. The van der Waals surface area contributed by atoms with Crippen LogP contribution in [0, 0.1) is 5.82 Å². The molecule has 1 fully saturated rings. The van der Waals surface area contributed by atoms with Gasteiger partial charge < -0.3 is 16.0 Å². The molecule has 0 bridgehead atoms. The monoisotopic (exact) mass is 407 g/mol. The van der Waals surface area contributed by atoms with Gasteiger partial charge in [0.1, 0.15) is 17.2 Å². The van der Waals surface area contributed by atoms with Crippen molar-refractivity contribution in [3.05, 3.63) is 54.1 Å². The maximum atomic E-state index is 14.4. The molecule has 5 heterocycles. The summed E-state index contributed by atoms with van der Waals surface area (Å²) in [6.45, 7) is 1.84. The Kier molecular flexibility index (Phi) is 4.74. The van der Waals surface area contributed by atoms with Gasteiger partial charge in [-0.15, -0.1) is 11.3 Å². The van der Waals surface area contributed by atoms with Crippen molar-refractivity contribution in [3.63, 3.8) is 0 Å². The summed E-state index contributed by atoms with van der Waals surface area (Å²) in [7, 11) is 0. The van der Waals surface area contributed by atoms with Crippen molar-refractivity contribution in [3.8, 4) is 11.4 Å². The van der Waals surface area contributed by atoms with Crippen LogP contribution in [0.25, 0.3) is 21.6 Å². The summed E-state index contributed by atoms with van der Waals surface area (Å²) >= 11 is 1.55. The van der Waals surface area contributed by atoms with Crippen LogP contribution >= 0.6 is 11.3 Å². The fourth-order valence-corrected chi connectivity index (χ4v) is 4.22. The molecule has 0 aliphatic carbocycles. The van der Waals surface area contributed by atoms with Crippen LogP contribution in [0.15, 0.2) is 48.2 Å². The van der Waals surface area contributed by atoms with Crippen molar-refractivity contribution in [1.82, 2.24) is 25.3 Å². The van der Waals surface area contributed by atoms with Gasteiger partial charge in [-0.25, -0.2) is 19.3 Å². The first-order valence-electron chi connectivity index (χ1n) is 9.32. The van der Waals surface area contributed by atoms with Gasteiger partial charge in [0.15, 0.2) is 11.6 Å². The van der Waals surface area contributed by atoms with E-state index in [1.807, 2.05) is 23.6 Å². The Morgan fingerprint density at radius 3 is 2.93 bits per heavy atom. The van der Waals surface area contributed by atoms with E-state index in [0.717, 1.165) is 41.2 Å². The molecule has 1 aliphatic heterocycles. The van der Waals surface area contributed by atoms with Gasteiger partial charge >= 0.3 is 0 Å². The number of rotatable bonds is 5. The van der Waals surface area contributed by atoms with Crippen LogP contribution in [0.3, 0.4) is 0 Å². The molecule has 146 valence electrons. The average Bonchev–Trinajstić information content (AvgIpc) is 3.40. The molecule has 1 saturated heterocycles. The number of pyridine rings is 2. The van der Waals surface area contributed by atoms with Crippen LogP contribution in [0.2, 0.25) is 0 Å². The van der Waals surface area contributed by atoms with Gasteiger partial charge in [0, 0.05) is 30.4 Å². The molecule has 5 rings (SSSR count). The van der Waals surface area contributed by atoms with Gasteiger partial charge in [-0.05, 0) is 31.2 Å². The molecule has 4 aromatic heterocycles. The number of hydrogen-bond donors (Lipinski definition) is 3. The van der Waals surface area contributed by atoms with E-state index >= 15 is 0 Å². The van der Waals surface area contributed by atoms with Crippen molar-refractivity contribution in [2.75, 3.05) is 23.7 Å². The number of nitrogens with zero attached hydrogens (tertiary/aromatic N) is 4. The largest absolute Gasteiger partial charge is 0.365 e. The Labute approximate surface area is 170 Å². The molecule has 1 aliphatic rings. The zero-order chi connectivity index (χ0) is 19.6. The van der Waals surface area contributed by atoms with Crippen LogP contribution in [0.1, 0.15) is 6.42 Å². The second kappa shape index (κ2) is 7.69. The standard InChI is InChI=1S/C20H18FN7S/c21-14-10-23-8-5-13(14)19-27-17-15(26-16-3-1-2-6-24-16)11-29-18(17)20(28-19)25-12-4-7-22-9-12/h1-3,5-6,8,10-12,22H,4,7,9H2,(H,24,26)(H,25,27,28)/t12-/m1/s1. The van der Waals surface area contributed by atoms with Gasteiger partial charge in [-0.2, -0.15) is 0 Å². The number of thiophene rings is 1. The third kappa shape index (κ3) is 3.62. The normalized spacial score (nSPS) is 16.2. The first-order valence-corrected chi connectivity index (χ1v) is 10.2. The number of nitrogens with one attached hydrogen (secondary N) is 3. The second-order valence-electron chi connectivity index (χ2n) is 6.75. The van der Waals surface area contributed by atoms with Crippen LogP contribution < -0.4 is 16.0 Å². The zero-order valence-electron chi connectivity index (χ0n) is 15.4. The first-order chi connectivity index (χ1) is 14.3. The molecular formula is C20H18FN7S. The minimum absolute atomic E-state index is 0.275. The molecule has 7 nitrogen and oxygen atoms in total. The van der Waals surface area contributed by atoms with Gasteiger partial charge in [-0.3, -0.25) is 4.98 Å². The number of fused-ring (bicyclic) bond motifs is 1. The fourth-order valence-electron chi connectivity index (χ4n) is 3.33. The van der Waals surface area contributed by atoms with Crippen LogP contribution in [-0.4, -0.2) is 39.1 Å². The number of halogens is 1. The van der Waals surface area contributed by atoms with E-state index in [0.29, 0.717) is 17.2 Å². The summed E-state index contributed by atoms with van der Waals surface area (Å²) < 4.78 is 15.3. The van der Waals surface area contributed by atoms with Crippen molar-refractivity contribution in [2.45, 2.75) is 12.5 Å². The van der Waals surface area contributed by atoms with Gasteiger partial charge in [0.2, 0.25) is 0 Å². The summed E-state index contributed by atoms with van der Waals surface area (Å²) in [4.78, 5) is 17.5. The predicted molar refractivity (Wildman–Crippen MR) is 113 cm³/mol. The summed E-state index contributed by atoms with van der Waals surface area (Å²) in [5.74, 6) is 1.31. The predicted octanol–water partition coefficient (Wildman–Crippen LogP) is 3.80. The zero-order valence-corrected chi connectivity index (χ0v) is 16.2. The van der Waals surface area contributed by atoms with E-state index < -0.39 is 5.82 Å². The maximum absolute atomic E-state index is 14.4. The third-order valence-electron chi connectivity index (χ3n) is 4.76.